The maximum Gasteiger partial charge on any atom is 0.246 e. The minimum Gasteiger partial charge on any atom is -0.342 e. The Morgan fingerprint density at radius 3 is 2.71 bits per heavy atom. The van der Waals surface area contributed by atoms with Crippen molar-refractivity contribution < 1.29 is 9.59 Å². The molecule has 1 aliphatic heterocycles. The fourth-order valence-corrected chi connectivity index (χ4v) is 3.72. The first-order valence-corrected chi connectivity index (χ1v) is 8.59. The lowest BCUT2D eigenvalue weighted by Gasteiger charge is -2.40. The predicted octanol–water partition coefficient (Wildman–Crippen LogP) is 2.05. The summed E-state index contributed by atoms with van der Waals surface area (Å²) in [6, 6.07) is 3.51. The quantitative estimate of drug-likeness (QED) is 0.905. The molecule has 0 aromatic carbocycles. The van der Waals surface area contributed by atoms with Crippen LogP contribution in [0.15, 0.2) is 17.5 Å². The van der Waals surface area contributed by atoms with Gasteiger partial charge in [0.2, 0.25) is 11.8 Å². The van der Waals surface area contributed by atoms with Crippen molar-refractivity contribution in [3.05, 3.63) is 22.4 Å². The molecule has 1 N–H and O–H groups in total. The zero-order chi connectivity index (χ0) is 15.0. The van der Waals surface area contributed by atoms with Gasteiger partial charge >= 0.3 is 0 Å². The molecular formula is C16H22N2O2S. The second kappa shape index (κ2) is 5.79. The highest BCUT2D eigenvalue weighted by Gasteiger charge is 2.48. The fourth-order valence-electron chi connectivity index (χ4n) is 3.02. The standard InChI is InChI=1S/C16H22N2O2S/c1-10(2)13-16(20)18(8-7-12-4-3-9-21-12)14(11-5-6-11)15(19)17-13/h3-4,9-11,13-14H,5-8H2,1-2H3,(H,17,19). The van der Waals surface area contributed by atoms with Gasteiger partial charge in [-0.15, -0.1) is 11.3 Å². The van der Waals surface area contributed by atoms with E-state index in [1.54, 1.807) is 11.3 Å². The van der Waals surface area contributed by atoms with Crippen LogP contribution >= 0.6 is 11.3 Å². The number of carbonyl (C=O) groups excluding carboxylic acids is 2. The molecule has 2 fully saturated rings. The summed E-state index contributed by atoms with van der Waals surface area (Å²) in [7, 11) is 0. The summed E-state index contributed by atoms with van der Waals surface area (Å²) in [5.74, 6) is 0.635. The van der Waals surface area contributed by atoms with Crippen molar-refractivity contribution in [3.8, 4) is 0 Å². The summed E-state index contributed by atoms with van der Waals surface area (Å²) in [4.78, 5) is 28.3. The normalized spacial score (nSPS) is 26.3. The number of carbonyl (C=O) groups is 2. The molecule has 0 radical (unpaired) electrons. The monoisotopic (exact) mass is 306 g/mol. The Balaban J connectivity index is 1.76. The van der Waals surface area contributed by atoms with Gasteiger partial charge in [0.1, 0.15) is 12.1 Å². The molecule has 2 aliphatic rings. The summed E-state index contributed by atoms with van der Waals surface area (Å²) in [5, 5.41) is 4.98. The number of piperazine rings is 1. The Bertz CT molecular complexity index is 522. The largest absolute Gasteiger partial charge is 0.342 e. The van der Waals surface area contributed by atoms with Gasteiger partial charge in [-0.2, -0.15) is 0 Å². The Hall–Kier alpha value is -1.36. The third-order valence-corrected chi connectivity index (χ3v) is 5.30. The van der Waals surface area contributed by atoms with Gasteiger partial charge in [-0.05, 0) is 42.5 Å². The number of hydrogen-bond acceptors (Lipinski definition) is 3. The van der Waals surface area contributed by atoms with Crippen molar-refractivity contribution in [3.63, 3.8) is 0 Å². The smallest absolute Gasteiger partial charge is 0.246 e. The van der Waals surface area contributed by atoms with Gasteiger partial charge in [-0.3, -0.25) is 9.59 Å². The number of amides is 2. The molecule has 2 amide bonds. The number of thiophene rings is 1. The lowest BCUT2D eigenvalue weighted by molar-refractivity contribution is -0.151. The van der Waals surface area contributed by atoms with Crippen LogP contribution in [0, 0.1) is 11.8 Å². The molecule has 5 heteroatoms. The average molecular weight is 306 g/mol. The Morgan fingerprint density at radius 2 is 2.14 bits per heavy atom. The molecule has 3 rings (SSSR count). The maximum absolute atomic E-state index is 12.7. The third kappa shape index (κ3) is 2.98. The van der Waals surface area contributed by atoms with E-state index >= 15 is 0 Å². The van der Waals surface area contributed by atoms with Crippen molar-refractivity contribution >= 4 is 23.2 Å². The Labute approximate surface area is 129 Å². The van der Waals surface area contributed by atoms with Gasteiger partial charge in [0.25, 0.3) is 0 Å². The van der Waals surface area contributed by atoms with Crippen LogP contribution in [0.3, 0.4) is 0 Å². The van der Waals surface area contributed by atoms with Gasteiger partial charge < -0.3 is 10.2 Å². The van der Waals surface area contributed by atoms with Gasteiger partial charge in [-0.1, -0.05) is 19.9 Å². The first kappa shape index (κ1) is 14.6. The first-order chi connectivity index (χ1) is 10.1. The topological polar surface area (TPSA) is 49.4 Å². The van der Waals surface area contributed by atoms with E-state index in [9.17, 15) is 9.59 Å². The lowest BCUT2D eigenvalue weighted by Crippen LogP contribution is -2.65. The van der Waals surface area contributed by atoms with Crippen LogP contribution in [0.4, 0.5) is 0 Å². The van der Waals surface area contributed by atoms with E-state index in [0.29, 0.717) is 12.5 Å². The first-order valence-electron chi connectivity index (χ1n) is 7.71. The molecule has 1 saturated carbocycles. The van der Waals surface area contributed by atoms with E-state index in [1.807, 2.05) is 24.8 Å². The summed E-state index contributed by atoms with van der Waals surface area (Å²) in [6.07, 6.45) is 2.96. The Morgan fingerprint density at radius 1 is 1.38 bits per heavy atom. The highest BCUT2D eigenvalue weighted by Crippen LogP contribution is 2.37. The van der Waals surface area contributed by atoms with Crippen molar-refractivity contribution in [1.29, 1.82) is 0 Å². The molecule has 0 spiro atoms. The van der Waals surface area contributed by atoms with Crippen LogP contribution < -0.4 is 5.32 Å². The van der Waals surface area contributed by atoms with Crippen molar-refractivity contribution in [2.75, 3.05) is 6.54 Å². The molecule has 2 atom stereocenters. The summed E-state index contributed by atoms with van der Waals surface area (Å²) in [6.45, 7) is 4.62. The fraction of sp³-hybridized carbons (Fsp3) is 0.625. The molecule has 114 valence electrons. The van der Waals surface area contributed by atoms with Crippen LogP contribution in [0.2, 0.25) is 0 Å². The second-order valence-electron chi connectivity index (χ2n) is 6.37. The molecule has 2 heterocycles. The number of nitrogens with one attached hydrogen (secondary N) is 1. The molecule has 1 saturated heterocycles. The van der Waals surface area contributed by atoms with Gasteiger partial charge in [-0.25, -0.2) is 0 Å². The summed E-state index contributed by atoms with van der Waals surface area (Å²) in [5.41, 5.74) is 0. The van der Waals surface area contributed by atoms with Crippen LogP contribution in [-0.2, 0) is 16.0 Å². The molecule has 1 aliphatic carbocycles. The van der Waals surface area contributed by atoms with E-state index in [1.165, 1.54) is 4.88 Å². The zero-order valence-corrected chi connectivity index (χ0v) is 13.4. The third-order valence-electron chi connectivity index (χ3n) is 4.37. The molecule has 4 nitrogen and oxygen atoms in total. The summed E-state index contributed by atoms with van der Waals surface area (Å²) >= 11 is 1.71. The molecule has 2 unspecified atom stereocenters. The zero-order valence-electron chi connectivity index (χ0n) is 12.5. The highest BCUT2D eigenvalue weighted by molar-refractivity contribution is 7.09. The number of hydrogen-bond donors (Lipinski definition) is 1. The van der Waals surface area contributed by atoms with Gasteiger partial charge in [0, 0.05) is 11.4 Å². The van der Waals surface area contributed by atoms with Crippen molar-refractivity contribution in [2.24, 2.45) is 11.8 Å². The van der Waals surface area contributed by atoms with Gasteiger partial charge in [0.15, 0.2) is 0 Å². The highest BCUT2D eigenvalue weighted by atomic mass is 32.1. The lowest BCUT2D eigenvalue weighted by atomic mass is 9.96. The van der Waals surface area contributed by atoms with E-state index in [0.717, 1.165) is 19.3 Å². The van der Waals surface area contributed by atoms with Crippen LogP contribution in [-0.4, -0.2) is 35.3 Å². The van der Waals surface area contributed by atoms with Gasteiger partial charge in [0.05, 0.1) is 0 Å². The minimum atomic E-state index is -0.365. The minimum absolute atomic E-state index is 0.0435. The second-order valence-corrected chi connectivity index (χ2v) is 7.41. The van der Waals surface area contributed by atoms with E-state index < -0.39 is 0 Å². The van der Waals surface area contributed by atoms with Crippen molar-refractivity contribution in [2.45, 2.75) is 45.2 Å². The molecular weight excluding hydrogens is 284 g/mol. The van der Waals surface area contributed by atoms with E-state index in [-0.39, 0.29) is 29.8 Å². The van der Waals surface area contributed by atoms with Crippen LogP contribution in [0.5, 0.6) is 0 Å². The Kier molecular flexibility index (Phi) is 4.02. The van der Waals surface area contributed by atoms with Crippen LogP contribution in [0.25, 0.3) is 0 Å². The molecule has 1 aromatic rings. The predicted molar refractivity (Wildman–Crippen MR) is 83.0 cm³/mol. The SMILES string of the molecule is CC(C)C1NC(=O)C(C2CC2)N(CCc2cccs2)C1=O. The number of nitrogens with zero attached hydrogens (tertiary/aromatic N) is 1. The van der Waals surface area contributed by atoms with E-state index in [2.05, 4.69) is 16.8 Å². The van der Waals surface area contributed by atoms with Crippen LogP contribution in [0.1, 0.15) is 31.6 Å². The number of rotatable bonds is 5. The molecule has 0 bridgehead atoms. The summed E-state index contributed by atoms with van der Waals surface area (Å²) < 4.78 is 0. The molecule has 21 heavy (non-hydrogen) atoms. The average Bonchev–Trinajstić information content (AvgIpc) is 3.14. The maximum atomic E-state index is 12.7. The molecule has 1 aromatic heterocycles. The van der Waals surface area contributed by atoms with Crippen molar-refractivity contribution in [1.82, 2.24) is 10.2 Å². The van der Waals surface area contributed by atoms with E-state index in [4.69, 9.17) is 0 Å².